The number of fused-ring (bicyclic) bond motifs is 1. The summed E-state index contributed by atoms with van der Waals surface area (Å²) in [5.41, 5.74) is 5.47. The van der Waals surface area contributed by atoms with Crippen molar-refractivity contribution in [2.24, 2.45) is 0 Å². The fourth-order valence-corrected chi connectivity index (χ4v) is 2.66. The minimum atomic E-state index is -0.269. The van der Waals surface area contributed by atoms with Gasteiger partial charge in [0.25, 0.3) is 0 Å². The van der Waals surface area contributed by atoms with Crippen LogP contribution in [0, 0.1) is 0 Å². The first-order chi connectivity index (χ1) is 9.10. The van der Waals surface area contributed by atoms with Crippen LogP contribution in [0.3, 0.4) is 0 Å². The Morgan fingerprint density at radius 3 is 2.47 bits per heavy atom. The second-order valence-electron chi connectivity index (χ2n) is 5.03. The number of hydrogen-bond acceptors (Lipinski definition) is 2. The molecule has 2 aliphatic carbocycles. The molecule has 0 amide bonds. The number of methoxy groups -OCH3 is 1. The van der Waals surface area contributed by atoms with E-state index in [9.17, 15) is 4.79 Å². The molecule has 0 N–H and O–H groups in total. The van der Waals surface area contributed by atoms with Gasteiger partial charge >= 0.3 is 5.97 Å². The summed E-state index contributed by atoms with van der Waals surface area (Å²) >= 11 is 0. The topological polar surface area (TPSA) is 26.3 Å². The van der Waals surface area contributed by atoms with Gasteiger partial charge in [-0.25, -0.2) is 4.79 Å². The van der Waals surface area contributed by atoms with Crippen LogP contribution in [0.4, 0.5) is 0 Å². The van der Waals surface area contributed by atoms with Crippen molar-refractivity contribution in [1.82, 2.24) is 0 Å². The van der Waals surface area contributed by atoms with E-state index in [4.69, 9.17) is 4.74 Å². The zero-order chi connectivity index (χ0) is 14.0. The minimum Gasteiger partial charge on any atom is -0.465 e. The Bertz CT molecular complexity index is 570. The summed E-state index contributed by atoms with van der Waals surface area (Å²) in [5, 5.41) is 0. The standard InChI is InChI=1S/C17H20O2/c1-5-12-13(11(2)3)7-6-8-14-15(12)9-10-16(14)17(18)19-4/h6-11H,5H2,1-4H3. The second-order valence-corrected chi connectivity index (χ2v) is 5.03. The van der Waals surface area contributed by atoms with E-state index in [1.165, 1.54) is 18.2 Å². The Kier molecular flexibility index (Phi) is 3.89. The first kappa shape index (κ1) is 13.6. The Hall–Kier alpha value is -1.83. The van der Waals surface area contributed by atoms with Gasteiger partial charge in [0.05, 0.1) is 12.7 Å². The third kappa shape index (κ3) is 2.35. The van der Waals surface area contributed by atoms with Gasteiger partial charge in [0.2, 0.25) is 0 Å². The lowest BCUT2D eigenvalue weighted by Gasteiger charge is -2.11. The van der Waals surface area contributed by atoms with Crippen molar-refractivity contribution in [3.63, 3.8) is 0 Å². The fraction of sp³-hybridized carbons (Fsp3) is 0.353. The molecule has 0 atom stereocenters. The Labute approximate surface area is 114 Å². The molecule has 19 heavy (non-hydrogen) atoms. The van der Waals surface area contributed by atoms with Gasteiger partial charge in [-0.1, -0.05) is 45.0 Å². The van der Waals surface area contributed by atoms with Gasteiger partial charge in [0, 0.05) is 0 Å². The normalized spacial score (nSPS) is 11.0. The van der Waals surface area contributed by atoms with E-state index in [1.54, 1.807) is 0 Å². The summed E-state index contributed by atoms with van der Waals surface area (Å²) < 4.78 is 4.85. The lowest BCUT2D eigenvalue weighted by Crippen LogP contribution is -2.00. The zero-order valence-corrected chi connectivity index (χ0v) is 12.0. The van der Waals surface area contributed by atoms with Gasteiger partial charge in [0.15, 0.2) is 0 Å². The molecule has 0 aromatic heterocycles. The van der Waals surface area contributed by atoms with E-state index >= 15 is 0 Å². The van der Waals surface area contributed by atoms with E-state index in [0.29, 0.717) is 11.5 Å². The van der Waals surface area contributed by atoms with Crippen LogP contribution in [0.25, 0.3) is 11.1 Å². The van der Waals surface area contributed by atoms with E-state index in [1.807, 2.05) is 24.3 Å². The minimum absolute atomic E-state index is 0.269. The van der Waals surface area contributed by atoms with Crippen molar-refractivity contribution in [1.29, 1.82) is 0 Å². The molecule has 0 bridgehead atoms. The largest absolute Gasteiger partial charge is 0.465 e. The summed E-state index contributed by atoms with van der Waals surface area (Å²) in [6.07, 6.45) is 0.962. The van der Waals surface area contributed by atoms with E-state index in [-0.39, 0.29) is 5.97 Å². The third-order valence-corrected chi connectivity index (χ3v) is 3.59. The summed E-state index contributed by atoms with van der Waals surface area (Å²) in [6.45, 7) is 6.56. The molecule has 0 saturated heterocycles. The highest BCUT2D eigenvalue weighted by Gasteiger charge is 2.19. The number of esters is 1. The molecule has 0 saturated carbocycles. The third-order valence-electron chi connectivity index (χ3n) is 3.59. The number of ether oxygens (including phenoxy) is 1. The van der Waals surface area contributed by atoms with Crippen molar-refractivity contribution in [3.05, 3.63) is 47.0 Å². The van der Waals surface area contributed by atoms with Crippen LogP contribution in [0.15, 0.2) is 30.3 Å². The predicted molar refractivity (Wildman–Crippen MR) is 77.9 cm³/mol. The quantitative estimate of drug-likeness (QED) is 0.767. The van der Waals surface area contributed by atoms with Crippen LogP contribution in [-0.4, -0.2) is 13.1 Å². The molecular weight excluding hydrogens is 236 g/mol. The lowest BCUT2D eigenvalue weighted by atomic mass is 9.93. The molecule has 0 heterocycles. The molecule has 0 unspecified atom stereocenters. The highest BCUT2D eigenvalue weighted by Crippen LogP contribution is 2.34. The van der Waals surface area contributed by atoms with Crippen LogP contribution in [0.1, 0.15) is 48.2 Å². The summed E-state index contributed by atoms with van der Waals surface area (Å²) in [5.74, 6) is 0.205. The van der Waals surface area contributed by atoms with Gasteiger partial charge in [-0.15, -0.1) is 0 Å². The molecule has 2 aliphatic rings. The highest BCUT2D eigenvalue weighted by molar-refractivity contribution is 5.99. The molecule has 0 radical (unpaired) electrons. The van der Waals surface area contributed by atoms with Crippen LogP contribution < -0.4 is 0 Å². The van der Waals surface area contributed by atoms with Gasteiger partial charge in [0.1, 0.15) is 0 Å². The monoisotopic (exact) mass is 256 g/mol. The number of hydrogen-bond donors (Lipinski definition) is 0. The van der Waals surface area contributed by atoms with Crippen LogP contribution in [-0.2, 0) is 11.2 Å². The molecule has 0 fully saturated rings. The second kappa shape index (κ2) is 5.43. The number of rotatable bonds is 3. The molecule has 0 spiro atoms. The van der Waals surface area contributed by atoms with Crippen LogP contribution in [0.2, 0.25) is 0 Å². The maximum Gasteiger partial charge on any atom is 0.338 e. The molecular formula is C17H20O2. The van der Waals surface area contributed by atoms with Crippen molar-refractivity contribution in [2.75, 3.05) is 7.11 Å². The highest BCUT2D eigenvalue weighted by atomic mass is 16.5. The predicted octanol–water partition coefficient (Wildman–Crippen LogP) is 4.26. The van der Waals surface area contributed by atoms with Crippen LogP contribution in [0.5, 0.6) is 0 Å². The summed E-state index contributed by atoms with van der Waals surface area (Å²) in [6, 6.07) is 10.1. The van der Waals surface area contributed by atoms with Crippen LogP contribution >= 0.6 is 0 Å². The van der Waals surface area contributed by atoms with Gasteiger partial charge in [-0.3, -0.25) is 0 Å². The smallest absolute Gasteiger partial charge is 0.338 e. The van der Waals surface area contributed by atoms with E-state index < -0.39 is 0 Å². The zero-order valence-electron chi connectivity index (χ0n) is 12.0. The first-order valence-corrected chi connectivity index (χ1v) is 6.73. The molecule has 100 valence electrons. The summed E-state index contributed by atoms with van der Waals surface area (Å²) in [7, 11) is 1.42. The molecule has 0 aliphatic heterocycles. The van der Waals surface area contributed by atoms with Gasteiger partial charge in [-0.05, 0) is 40.7 Å². The van der Waals surface area contributed by atoms with Crippen molar-refractivity contribution < 1.29 is 9.53 Å². The van der Waals surface area contributed by atoms with Gasteiger partial charge < -0.3 is 4.74 Å². The Morgan fingerprint density at radius 2 is 1.89 bits per heavy atom. The summed E-state index contributed by atoms with van der Waals surface area (Å²) in [4.78, 5) is 11.8. The van der Waals surface area contributed by atoms with Crippen molar-refractivity contribution in [3.8, 4) is 11.1 Å². The molecule has 2 rings (SSSR count). The lowest BCUT2D eigenvalue weighted by molar-refractivity contribution is 0.0602. The van der Waals surface area contributed by atoms with E-state index in [2.05, 4.69) is 26.8 Å². The average Bonchev–Trinajstić information content (AvgIpc) is 2.71. The molecule has 0 aromatic carbocycles. The first-order valence-electron chi connectivity index (χ1n) is 6.73. The Morgan fingerprint density at radius 1 is 1.16 bits per heavy atom. The van der Waals surface area contributed by atoms with Gasteiger partial charge in [-0.2, -0.15) is 0 Å². The SMILES string of the molecule is CCc1c2ccc(C(=O)OC)c-2cccc1C(C)C. The molecule has 2 nitrogen and oxygen atoms in total. The maximum atomic E-state index is 11.8. The fourth-order valence-electron chi connectivity index (χ4n) is 2.66. The maximum absolute atomic E-state index is 11.8. The number of carbonyl (C=O) groups excluding carboxylic acids is 1. The van der Waals surface area contributed by atoms with Crippen molar-refractivity contribution >= 4 is 5.97 Å². The van der Waals surface area contributed by atoms with E-state index in [0.717, 1.165) is 17.5 Å². The Balaban J connectivity index is 2.68. The van der Waals surface area contributed by atoms with Crippen molar-refractivity contribution in [2.45, 2.75) is 33.1 Å². The molecule has 0 aromatic rings. The molecule has 2 heteroatoms. The number of carbonyl (C=O) groups is 1. The average molecular weight is 256 g/mol.